The zero-order valence-corrected chi connectivity index (χ0v) is 10.3. The minimum Gasteiger partial charge on any atom is -0.465 e. The molecule has 2 aromatic heterocycles. The van der Waals surface area contributed by atoms with Crippen molar-refractivity contribution in [2.75, 3.05) is 7.11 Å². The molecule has 1 N–H and O–H groups in total. The van der Waals surface area contributed by atoms with Crippen molar-refractivity contribution in [1.82, 2.24) is 9.97 Å². The molecule has 102 valence electrons. The molecule has 8 nitrogen and oxygen atoms in total. The summed E-state index contributed by atoms with van der Waals surface area (Å²) in [6.07, 6.45) is 2.38. The Morgan fingerprint density at radius 3 is 2.75 bits per heavy atom. The van der Waals surface area contributed by atoms with Crippen molar-refractivity contribution in [3.63, 3.8) is 0 Å². The Balaban J connectivity index is 2.54. The summed E-state index contributed by atoms with van der Waals surface area (Å²) < 4.78 is 4.59. The van der Waals surface area contributed by atoms with E-state index in [1.54, 1.807) is 0 Å². The number of aromatic nitrogens is 2. The van der Waals surface area contributed by atoms with E-state index in [9.17, 15) is 19.7 Å². The maximum Gasteiger partial charge on any atom is 0.338 e. The second-order valence-corrected chi connectivity index (χ2v) is 3.77. The first-order chi connectivity index (χ1) is 9.52. The molecule has 0 radical (unpaired) electrons. The number of rotatable bonds is 3. The molecule has 2 rings (SSSR count). The van der Waals surface area contributed by atoms with Crippen molar-refractivity contribution < 1.29 is 14.5 Å². The largest absolute Gasteiger partial charge is 0.465 e. The Hall–Kier alpha value is -3.03. The van der Waals surface area contributed by atoms with Crippen LogP contribution in [0.5, 0.6) is 0 Å². The maximum atomic E-state index is 11.6. The number of nitrogens with zero attached hydrogens (tertiary/aromatic N) is 2. The number of carbonyl (C=O) groups is 1. The molecule has 0 fully saturated rings. The number of carbonyl (C=O) groups excluding carboxylic acids is 1. The highest BCUT2D eigenvalue weighted by Crippen LogP contribution is 2.22. The van der Waals surface area contributed by atoms with E-state index in [1.165, 1.54) is 25.4 Å². The molecule has 0 bridgehead atoms. The monoisotopic (exact) mass is 275 g/mol. The van der Waals surface area contributed by atoms with Crippen LogP contribution in [0.4, 0.5) is 5.69 Å². The zero-order chi connectivity index (χ0) is 14.7. The number of methoxy groups -OCH3 is 1. The summed E-state index contributed by atoms with van der Waals surface area (Å²) in [6, 6.07) is 3.73. The van der Waals surface area contributed by atoms with Gasteiger partial charge in [-0.15, -0.1) is 0 Å². The molecule has 0 aliphatic rings. The number of pyridine rings is 2. The van der Waals surface area contributed by atoms with Crippen LogP contribution in [0.15, 0.2) is 35.4 Å². The molecule has 2 aromatic rings. The molecule has 0 unspecified atom stereocenters. The topological polar surface area (TPSA) is 115 Å². The summed E-state index contributed by atoms with van der Waals surface area (Å²) in [5.41, 5.74) is 0.0463. The number of H-pyrrole nitrogens is 1. The molecule has 0 saturated heterocycles. The molecular formula is C12H9N3O5. The maximum absolute atomic E-state index is 11.6. The molecular weight excluding hydrogens is 266 g/mol. The van der Waals surface area contributed by atoms with Crippen LogP contribution in [-0.4, -0.2) is 28.0 Å². The molecule has 8 heteroatoms. The molecule has 20 heavy (non-hydrogen) atoms. The Bertz CT molecular complexity index is 721. The molecule has 2 heterocycles. The lowest BCUT2D eigenvalue weighted by Gasteiger charge is -2.06. The minimum atomic E-state index is -0.689. The normalized spacial score (nSPS) is 10.1. The average molecular weight is 275 g/mol. The molecule has 0 aliphatic heterocycles. The van der Waals surface area contributed by atoms with Crippen LogP contribution < -0.4 is 5.56 Å². The van der Waals surface area contributed by atoms with E-state index in [1.807, 2.05) is 0 Å². The smallest absolute Gasteiger partial charge is 0.338 e. The predicted molar refractivity (Wildman–Crippen MR) is 68.3 cm³/mol. The van der Waals surface area contributed by atoms with Crippen LogP contribution in [0.1, 0.15) is 10.4 Å². The van der Waals surface area contributed by atoms with Crippen LogP contribution in [0.2, 0.25) is 0 Å². The van der Waals surface area contributed by atoms with Gasteiger partial charge in [-0.05, 0) is 6.07 Å². The lowest BCUT2D eigenvalue weighted by atomic mass is 10.1. The SMILES string of the molecule is COC(=O)c1cc(=O)[nH]cc1-c1ccc([N+](=O)[O-])cn1. The molecule has 0 saturated carbocycles. The molecule has 0 spiro atoms. The molecule has 0 atom stereocenters. The summed E-state index contributed by atoms with van der Waals surface area (Å²) in [6.45, 7) is 0. The third-order valence-electron chi connectivity index (χ3n) is 2.56. The van der Waals surface area contributed by atoms with Gasteiger partial charge in [-0.1, -0.05) is 0 Å². The number of hydrogen-bond acceptors (Lipinski definition) is 6. The van der Waals surface area contributed by atoms with Crippen molar-refractivity contribution in [3.05, 3.63) is 56.6 Å². The van der Waals surface area contributed by atoms with E-state index in [0.717, 1.165) is 12.3 Å². The van der Waals surface area contributed by atoms with Crippen molar-refractivity contribution in [1.29, 1.82) is 0 Å². The van der Waals surface area contributed by atoms with E-state index in [4.69, 9.17) is 0 Å². The first-order valence-corrected chi connectivity index (χ1v) is 5.45. The van der Waals surface area contributed by atoms with E-state index in [-0.39, 0.29) is 11.3 Å². The lowest BCUT2D eigenvalue weighted by molar-refractivity contribution is -0.385. The van der Waals surface area contributed by atoms with Crippen LogP contribution in [0.3, 0.4) is 0 Å². The van der Waals surface area contributed by atoms with Gasteiger partial charge in [0.25, 0.3) is 5.69 Å². The number of aromatic amines is 1. The van der Waals surface area contributed by atoms with Crippen molar-refractivity contribution in [2.24, 2.45) is 0 Å². The Kier molecular flexibility index (Phi) is 3.56. The van der Waals surface area contributed by atoms with E-state index >= 15 is 0 Å². The minimum absolute atomic E-state index is 0.0394. The Morgan fingerprint density at radius 2 is 2.20 bits per heavy atom. The average Bonchev–Trinajstić information content (AvgIpc) is 2.46. The number of nitrogens with one attached hydrogen (secondary N) is 1. The zero-order valence-electron chi connectivity index (χ0n) is 10.3. The highest BCUT2D eigenvalue weighted by molar-refractivity contribution is 5.96. The van der Waals surface area contributed by atoms with Crippen LogP contribution in [-0.2, 0) is 4.74 Å². The second kappa shape index (κ2) is 5.31. The summed E-state index contributed by atoms with van der Waals surface area (Å²) in [5, 5.41) is 10.6. The Labute approximate surface area is 112 Å². The van der Waals surface area contributed by atoms with E-state index in [2.05, 4.69) is 14.7 Å². The summed E-state index contributed by atoms with van der Waals surface area (Å²) in [7, 11) is 1.19. The molecule has 0 amide bonds. The number of esters is 1. The molecule has 0 aromatic carbocycles. The third-order valence-corrected chi connectivity index (χ3v) is 2.56. The van der Waals surface area contributed by atoms with Crippen molar-refractivity contribution >= 4 is 11.7 Å². The van der Waals surface area contributed by atoms with Crippen LogP contribution in [0.25, 0.3) is 11.3 Å². The van der Waals surface area contributed by atoms with Crippen molar-refractivity contribution in [2.45, 2.75) is 0 Å². The van der Waals surface area contributed by atoms with Gasteiger partial charge in [0.2, 0.25) is 5.56 Å². The predicted octanol–water partition coefficient (Wildman–Crippen LogP) is 1.13. The van der Waals surface area contributed by atoms with Gasteiger partial charge in [0.15, 0.2) is 0 Å². The number of hydrogen-bond donors (Lipinski definition) is 1. The summed E-state index contributed by atoms with van der Waals surface area (Å²) in [5.74, 6) is -0.689. The van der Waals surface area contributed by atoms with Gasteiger partial charge in [0.1, 0.15) is 6.20 Å². The van der Waals surface area contributed by atoms with Crippen LogP contribution in [0, 0.1) is 10.1 Å². The fourth-order valence-electron chi connectivity index (χ4n) is 1.62. The Morgan fingerprint density at radius 1 is 1.45 bits per heavy atom. The first kappa shape index (κ1) is 13.4. The van der Waals surface area contributed by atoms with Crippen molar-refractivity contribution in [3.8, 4) is 11.3 Å². The van der Waals surface area contributed by atoms with E-state index < -0.39 is 16.5 Å². The van der Waals surface area contributed by atoms with Crippen LogP contribution >= 0.6 is 0 Å². The highest BCUT2D eigenvalue weighted by Gasteiger charge is 2.16. The number of ether oxygens (including phenoxy) is 1. The fraction of sp³-hybridized carbons (Fsp3) is 0.0833. The quantitative estimate of drug-likeness (QED) is 0.510. The lowest BCUT2D eigenvalue weighted by Crippen LogP contribution is -2.12. The van der Waals surface area contributed by atoms with E-state index in [0.29, 0.717) is 11.3 Å². The second-order valence-electron chi connectivity index (χ2n) is 3.77. The van der Waals surface area contributed by atoms with Gasteiger partial charge in [-0.25, -0.2) is 9.78 Å². The van der Waals surface area contributed by atoms with Gasteiger partial charge in [0.05, 0.1) is 23.3 Å². The standard InChI is InChI=1S/C12H9N3O5/c1-20-12(17)8-4-11(16)14-6-9(8)10-3-2-7(5-13-10)15(18)19/h2-6H,1H3,(H,14,16). The van der Waals surface area contributed by atoms with Gasteiger partial charge >= 0.3 is 5.97 Å². The fourth-order valence-corrected chi connectivity index (χ4v) is 1.62. The van der Waals surface area contributed by atoms with Gasteiger partial charge in [-0.2, -0.15) is 0 Å². The van der Waals surface area contributed by atoms with Gasteiger partial charge in [0, 0.05) is 23.9 Å². The highest BCUT2D eigenvalue weighted by atomic mass is 16.6. The molecule has 0 aliphatic carbocycles. The van der Waals surface area contributed by atoms with Gasteiger partial charge in [-0.3, -0.25) is 14.9 Å². The van der Waals surface area contributed by atoms with Gasteiger partial charge < -0.3 is 9.72 Å². The summed E-state index contributed by atoms with van der Waals surface area (Å²) >= 11 is 0. The number of nitro groups is 1. The summed E-state index contributed by atoms with van der Waals surface area (Å²) in [4.78, 5) is 39.2. The first-order valence-electron chi connectivity index (χ1n) is 5.45. The third kappa shape index (κ3) is 2.53.